The fourth-order valence-electron chi connectivity index (χ4n) is 1.16. The van der Waals surface area contributed by atoms with E-state index in [9.17, 15) is 0 Å². The third-order valence-corrected chi connectivity index (χ3v) is 3.72. The van der Waals surface area contributed by atoms with Crippen LogP contribution in [0, 0.1) is 0 Å². The molecule has 0 rings (SSSR count). The Morgan fingerprint density at radius 1 is 1.06 bits per heavy atom. The summed E-state index contributed by atoms with van der Waals surface area (Å²) in [6.45, 7) is 14.5. The lowest BCUT2D eigenvalue weighted by atomic mass is 10.1. The van der Waals surface area contributed by atoms with Gasteiger partial charge in [0.1, 0.15) is 0 Å². The molecular formula is C13H30N2S. The van der Waals surface area contributed by atoms with Crippen LogP contribution in [0.15, 0.2) is 0 Å². The van der Waals surface area contributed by atoms with Gasteiger partial charge in [0.2, 0.25) is 0 Å². The van der Waals surface area contributed by atoms with Gasteiger partial charge in [-0.15, -0.1) is 0 Å². The van der Waals surface area contributed by atoms with E-state index in [1.165, 1.54) is 5.75 Å². The predicted octanol–water partition coefficient (Wildman–Crippen LogP) is 2.84. The van der Waals surface area contributed by atoms with Gasteiger partial charge in [0.05, 0.1) is 0 Å². The van der Waals surface area contributed by atoms with Crippen molar-refractivity contribution in [2.75, 3.05) is 26.4 Å². The van der Waals surface area contributed by atoms with Crippen LogP contribution in [0.1, 0.15) is 41.5 Å². The number of likely N-dealkylation sites (N-methyl/N-ethyl adjacent to an activating group) is 1. The highest BCUT2D eigenvalue weighted by Crippen LogP contribution is 2.24. The van der Waals surface area contributed by atoms with Crippen molar-refractivity contribution in [1.29, 1.82) is 0 Å². The third-order valence-electron chi connectivity index (χ3n) is 2.31. The van der Waals surface area contributed by atoms with E-state index < -0.39 is 0 Å². The molecule has 0 radical (unpaired) electrons. The van der Waals surface area contributed by atoms with Gasteiger partial charge in [-0.05, 0) is 34.9 Å². The zero-order chi connectivity index (χ0) is 13.0. The van der Waals surface area contributed by atoms with Crippen LogP contribution in [-0.4, -0.2) is 47.6 Å². The summed E-state index contributed by atoms with van der Waals surface area (Å²) in [4.78, 5) is 2.32. The number of nitrogens with zero attached hydrogens (tertiary/aromatic N) is 1. The Bertz CT molecular complexity index is 171. The molecule has 1 atom stereocenters. The molecule has 98 valence electrons. The third kappa shape index (κ3) is 9.49. The number of rotatable bonds is 5. The molecule has 0 amide bonds. The lowest BCUT2D eigenvalue weighted by Crippen LogP contribution is -2.46. The summed E-state index contributed by atoms with van der Waals surface area (Å²) in [5, 5.41) is 3.58. The molecule has 1 unspecified atom stereocenters. The molecule has 2 nitrogen and oxygen atoms in total. The van der Waals surface area contributed by atoms with E-state index >= 15 is 0 Å². The summed E-state index contributed by atoms with van der Waals surface area (Å²) in [5.74, 6) is 1.18. The van der Waals surface area contributed by atoms with E-state index in [0.29, 0.717) is 10.8 Å². The van der Waals surface area contributed by atoms with Crippen LogP contribution in [0.4, 0.5) is 0 Å². The molecule has 1 N–H and O–H groups in total. The van der Waals surface area contributed by atoms with Crippen molar-refractivity contribution in [3.63, 3.8) is 0 Å². The van der Waals surface area contributed by atoms with Gasteiger partial charge in [-0.1, -0.05) is 20.8 Å². The zero-order valence-electron chi connectivity index (χ0n) is 12.3. The van der Waals surface area contributed by atoms with Gasteiger partial charge in [0.25, 0.3) is 0 Å². The quantitative estimate of drug-likeness (QED) is 0.803. The fourth-order valence-corrected chi connectivity index (χ4v) is 2.27. The van der Waals surface area contributed by atoms with Crippen molar-refractivity contribution in [2.45, 2.75) is 57.9 Å². The van der Waals surface area contributed by atoms with E-state index in [-0.39, 0.29) is 5.54 Å². The SMILES string of the molecule is CN(C)C(CNC(C)(C)C)CSC(C)(C)C. The second kappa shape index (κ2) is 6.27. The second-order valence-corrected chi connectivity index (χ2v) is 8.52. The van der Waals surface area contributed by atoms with Crippen LogP contribution < -0.4 is 5.32 Å². The predicted molar refractivity (Wildman–Crippen MR) is 77.4 cm³/mol. The van der Waals surface area contributed by atoms with Crippen LogP contribution in [-0.2, 0) is 0 Å². The fraction of sp³-hybridized carbons (Fsp3) is 1.00. The maximum Gasteiger partial charge on any atom is 0.0305 e. The molecule has 0 saturated carbocycles. The number of nitrogens with one attached hydrogen (secondary N) is 1. The second-order valence-electron chi connectivity index (χ2n) is 6.67. The van der Waals surface area contributed by atoms with E-state index in [0.717, 1.165) is 6.54 Å². The topological polar surface area (TPSA) is 15.3 Å². The van der Waals surface area contributed by atoms with Gasteiger partial charge in [-0.25, -0.2) is 0 Å². The summed E-state index contributed by atoms with van der Waals surface area (Å²) in [7, 11) is 4.33. The Kier molecular flexibility index (Phi) is 6.38. The minimum atomic E-state index is 0.209. The Morgan fingerprint density at radius 3 is 1.88 bits per heavy atom. The van der Waals surface area contributed by atoms with E-state index in [1.54, 1.807) is 0 Å². The number of thioether (sulfide) groups is 1. The Balaban J connectivity index is 4.09. The van der Waals surface area contributed by atoms with E-state index in [2.05, 4.69) is 65.9 Å². The average molecular weight is 246 g/mol. The first-order valence-electron chi connectivity index (χ1n) is 6.07. The van der Waals surface area contributed by atoms with E-state index in [4.69, 9.17) is 0 Å². The van der Waals surface area contributed by atoms with Gasteiger partial charge in [-0.2, -0.15) is 11.8 Å². The van der Waals surface area contributed by atoms with Crippen molar-refractivity contribution in [3.8, 4) is 0 Å². The van der Waals surface area contributed by atoms with Gasteiger partial charge in [0.15, 0.2) is 0 Å². The first-order chi connectivity index (χ1) is 7.01. The maximum atomic E-state index is 3.58. The Labute approximate surface area is 107 Å². The van der Waals surface area contributed by atoms with Crippen LogP contribution >= 0.6 is 11.8 Å². The Morgan fingerprint density at radius 2 is 1.56 bits per heavy atom. The van der Waals surface area contributed by atoms with Crippen LogP contribution in [0.3, 0.4) is 0 Å². The van der Waals surface area contributed by atoms with Crippen LogP contribution in [0.5, 0.6) is 0 Å². The molecule has 0 heterocycles. The molecule has 16 heavy (non-hydrogen) atoms. The van der Waals surface area contributed by atoms with Crippen LogP contribution in [0.25, 0.3) is 0 Å². The normalized spacial score (nSPS) is 15.6. The van der Waals surface area contributed by atoms with Crippen molar-refractivity contribution >= 4 is 11.8 Å². The lowest BCUT2D eigenvalue weighted by molar-refractivity contribution is 0.281. The van der Waals surface area contributed by atoms with Crippen molar-refractivity contribution in [3.05, 3.63) is 0 Å². The molecule has 0 aromatic carbocycles. The van der Waals surface area contributed by atoms with Gasteiger partial charge >= 0.3 is 0 Å². The van der Waals surface area contributed by atoms with Gasteiger partial charge in [-0.3, -0.25) is 0 Å². The summed E-state index contributed by atoms with van der Waals surface area (Å²) in [6.07, 6.45) is 0. The summed E-state index contributed by atoms with van der Waals surface area (Å²) >= 11 is 2.04. The standard InChI is InChI=1S/C13H30N2S/c1-12(2,3)14-9-11(15(7)8)10-16-13(4,5)6/h11,14H,9-10H2,1-8H3. The maximum absolute atomic E-state index is 3.58. The monoisotopic (exact) mass is 246 g/mol. The smallest absolute Gasteiger partial charge is 0.0305 e. The molecule has 0 saturated heterocycles. The molecule has 0 spiro atoms. The Hall–Kier alpha value is 0.270. The van der Waals surface area contributed by atoms with Crippen molar-refractivity contribution < 1.29 is 0 Å². The molecule has 3 heteroatoms. The highest BCUT2D eigenvalue weighted by molar-refractivity contribution is 8.00. The van der Waals surface area contributed by atoms with Gasteiger partial charge < -0.3 is 10.2 Å². The molecule has 0 bridgehead atoms. The molecule has 0 fully saturated rings. The van der Waals surface area contributed by atoms with E-state index in [1.807, 2.05) is 11.8 Å². The molecule has 0 aliphatic rings. The summed E-state index contributed by atoms with van der Waals surface area (Å²) in [5.41, 5.74) is 0.209. The average Bonchev–Trinajstić information content (AvgIpc) is 1.98. The lowest BCUT2D eigenvalue weighted by Gasteiger charge is -2.31. The minimum Gasteiger partial charge on any atom is -0.310 e. The zero-order valence-corrected chi connectivity index (χ0v) is 13.2. The molecular weight excluding hydrogens is 216 g/mol. The largest absolute Gasteiger partial charge is 0.310 e. The molecule has 0 aliphatic heterocycles. The molecule has 0 aliphatic carbocycles. The summed E-state index contributed by atoms with van der Waals surface area (Å²) in [6, 6.07) is 0.600. The summed E-state index contributed by atoms with van der Waals surface area (Å²) < 4.78 is 0.357. The molecule has 0 aromatic heterocycles. The van der Waals surface area contributed by atoms with Crippen LogP contribution in [0.2, 0.25) is 0 Å². The van der Waals surface area contributed by atoms with Crippen molar-refractivity contribution in [1.82, 2.24) is 10.2 Å². The first-order valence-corrected chi connectivity index (χ1v) is 7.05. The van der Waals surface area contributed by atoms with Gasteiger partial charge in [0, 0.05) is 28.6 Å². The molecule has 0 aromatic rings. The number of hydrogen-bond acceptors (Lipinski definition) is 3. The van der Waals surface area contributed by atoms with Crippen molar-refractivity contribution in [2.24, 2.45) is 0 Å². The minimum absolute atomic E-state index is 0.209. The highest BCUT2D eigenvalue weighted by atomic mass is 32.2. The first kappa shape index (κ1) is 16.3. The number of hydrogen-bond donors (Lipinski definition) is 1. The highest BCUT2D eigenvalue weighted by Gasteiger charge is 2.19.